The first-order chi connectivity index (χ1) is 12.7. The average molecular weight is 359 g/mol. The summed E-state index contributed by atoms with van der Waals surface area (Å²) in [6.45, 7) is 2.15. The maximum absolute atomic E-state index is 11.9. The van der Waals surface area contributed by atoms with Crippen molar-refractivity contribution in [3.8, 4) is 0 Å². The zero-order chi connectivity index (χ0) is 17.7. The van der Waals surface area contributed by atoms with Crippen molar-refractivity contribution in [2.75, 3.05) is 5.01 Å². The lowest BCUT2D eigenvalue weighted by Crippen LogP contribution is -2.53. The Morgan fingerprint density at radius 1 is 1.23 bits per heavy atom. The van der Waals surface area contributed by atoms with Crippen LogP contribution >= 0.6 is 0 Å². The van der Waals surface area contributed by atoms with E-state index in [1.807, 2.05) is 0 Å². The molecule has 0 spiro atoms. The Morgan fingerprint density at radius 2 is 2.08 bits per heavy atom. The molecule has 142 valence electrons. The Labute approximate surface area is 154 Å². The van der Waals surface area contributed by atoms with Gasteiger partial charge in [-0.15, -0.1) is 10.2 Å². The van der Waals surface area contributed by atoms with Gasteiger partial charge in [0.25, 0.3) is 0 Å². The van der Waals surface area contributed by atoms with Crippen LogP contribution in [0.4, 0.5) is 5.95 Å². The van der Waals surface area contributed by atoms with Crippen molar-refractivity contribution in [1.29, 1.82) is 0 Å². The van der Waals surface area contributed by atoms with Gasteiger partial charge in [-0.25, -0.2) is 5.43 Å². The van der Waals surface area contributed by atoms with E-state index in [0.29, 0.717) is 30.6 Å². The molecule has 8 nitrogen and oxygen atoms in total. The van der Waals surface area contributed by atoms with Crippen LogP contribution in [0.5, 0.6) is 0 Å². The molecule has 4 aliphatic rings. The maximum Gasteiger partial charge on any atom is 0.243 e. The van der Waals surface area contributed by atoms with Gasteiger partial charge in [-0.1, -0.05) is 12.8 Å². The number of aromatic nitrogens is 3. The average Bonchev–Trinajstić information content (AvgIpc) is 3.19. The molecule has 1 aromatic rings. The monoisotopic (exact) mass is 359 g/mol. The van der Waals surface area contributed by atoms with Crippen LogP contribution in [0, 0.1) is 5.92 Å². The maximum atomic E-state index is 11.9. The molecule has 1 amide bonds. The Kier molecular flexibility index (Phi) is 4.12. The van der Waals surface area contributed by atoms with Crippen molar-refractivity contribution in [3.63, 3.8) is 0 Å². The molecule has 2 aliphatic heterocycles. The highest BCUT2D eigenvalue weighted by Gasteiger charge is 2.47. The van der Waals surface area contributed by atoms with E-state index in [2.05, 4.69) is 42.8 Å². The summed E-state index contributed by atoms with van der Waals surface area (Å²) in [5.74, 6) is 2.74. The third-order valence-electron chi connectivity index (χ3n) is 6.26. The van der Waals surface area contributed by atoms with Crippen LogP contribution in [0.1, 0.15) is 70.2 Å². The lowest BCUT2D eigenvalue weighted by molar-refractivity contribution is -0.121. The molecule has 3 N–H and O–H groups in total. The van der Waals surface area contributed by atoms with Crippen LogP contribution in [0.3, 0.4) is 0 Å². The van der Waals surface area contributed by atoms with Gasteiger partial charge in [-0.2, -0.15) is 0 Å². The second kappa shape index (κ2) is 6.49. The second-order valence-electron chi connectivity index (χ2n) is 8.33. The molecule has 3 fully saturated rings. The molecule has 2 saturated carbocycles. The quantitative estimate of drug-likeness (QED) is 0.733. The predicted octanol–water partition coefficient (Wildman–Crippen LogP) is 1.21. The lowest BCUT2D eigenvalue weighted by atomic mass is 9.81. The Morgan fingerprint density at radius 3 is 2.92 bits per heavy atom. The Bertz CT molecular complexity index is 685. The minimum atomic E-state index is 0.181. The first kappa shape index (κ1) is 16.5. The summed E-state index contributed by atoms with van der Waals surface area (Å²) in [6.07, 6.45) is 10.1. The molecule has 8 heteroatoms. The predicted molar refractivity (Wildman–Crippen MR) is 97.1 cm³/mol. The van der Waals surface area contributed by atoms with Gasteiger partial charge in [-0.3, -0.25) is 19.7 Å². The summed E-state index contributed by atoms with van der Waals surface area (Å²) in [5, 5.41) is 18.0. The van der Waals surface area contributed by atoms with Crippen LogP contribution in [-0.4, -0.2) is 39.0 Å². The molecule has 1 aromatic heterocycles. The number of carbonyl (C=O) groups is 1. The first-order valence-corrected chi connectivity index (χ1v) is 10.3. The van der Waals surface area contributed by atoms with Crippen LogP contribution in [0.15, 0.2) is 0 Å². The number of rotatable bonds is 5. The van der Waals surface area contributed by atoms with E-state index in [9.17, 15) is 4.79 Å². The number of nitrogens with one attached hydrogen (secondary N) is 3. The van der Waals surface area contributed by atoms with Crippen LogP contribution < -0.4 is 21.1 Å². The zero-order valence-electron chi connectivity index (χ0n) is 15.4. The third-order valence-corrected chi connectivity index (χ3v) is 6.26. The number of aryl methyl sites for hydroxylation is 1. The van der Waals surface area contributed by atoms with E-state index in [0.717, 1.165) is 37.5 Å². The number of hydrogen-bond donors (Lipinski definition) is 3. The summed E-state index contributed by atoms with van der Waals surface area (Å²) in [6, 6.07) is 0.920. The fourth-order valence-corrected chi connectivity index (χ4v) is 4.91. The van der Waals surface area contributed by atoms with E-state index >= 15 is 0 Å². The van der Waals surface area contributed by atoms with E-state index in [1.54, 1.807) is 0 Å². The van der Waals surface area contributed by atoms with E-state index in [1.165, 1.54) is 25.7 Å². The van der Waals surface area contributed by atoms with Crippen molar-refractivity contribution < 1.29 is 4.79 Å². The van der Waals surface area contributed by atoms with Gasteiger partial charge in [-0.05, 0) is 39.0 Å². The zero-order valence-corrected chi connectivity index (χ0v) is 15.4. The van der Waals surface area contributed by atoms with Gasteiger partial charge in [0.05, 0.1) is 6.17 Å². The normalized spacial score (nSPS) is 32.7. The smallest absolute Gasteiger partial charge is 0.243 e. The molecule has 26 heavy (non-hydrogen) atoms. The standard InChI is InChI=1S/C18H29N7O/c1-11-19-17-13-5-2-3-6-14(13)24-15(21-22-18(24)25(17)23-11)7-4-8-16(26)20-12-9-10-12/h11-14,17,19,23H,2-10H2,1H3,(H,20,26). The lowest BCUT2D eigenvalue weighted by Gasteiger charge is -2.44. The molecule has 4 atom stereocenters. The van der Waals surface area contributed by atoms with E-state index in [-0.39, 0.29) is 12.1 Å². The molecule has 0 aromatic carbocycles. The van der Waals surface area contributed by atoms with Crippen LogP contribution in [0.25, 0.3) is 0 Å². The summed E-state index contributed by atoms with van der Waals surface area (Å²) in [5.41, 5.74) is 3.50. The van der Waals surface area contributed by atoms with Crippen molar-refractivity contribution in [3.05, 3.63) is 5.82 Å². The highest BCUT2D eigenvalue weighted by Crippen LogP contribution is 2.44. The highest BCUT2D eigenvalue weighted by atomic mass is 16.1. The van der Waals surface area contributed by atoms with Gasteiger partial charge < -0.3 is 5.32 Å². The van der Waals surface area contributed by atoms with E-state index < -0.39 is 0 Å². The van der Waals surface area contributed by atoms with Crippen molar-refractivity contribution in [2.24, 2.45) is 5.92 Å². The van der Waals surface area contributed by atoms with Crippen molar-refractivity contribution >= 4 is 11.9 Å². The largest absolute Gasteiger partial charge is 0.353 e. The number of hydrogen-bond acceptors (Lipinski definition) is 6. The minimum Gasteiger partial charge on any atom is -0.353 e. The number of amides is 1. The fraction of sp³-hybridized carbons (Fsp3) is 0.833. The summed E-state index contributed by atoms with van der Waals surface area (Å²) < 4.78 is 2.37. The first-order valence-electron chi connectivity index (χ1n) is 10.3. The molecule has 2 aliphatic carbocycles. The van der Waals surface area contributed by atoms with Crippen LogP contribution in [-0.2, 0) is 11.2 Å². The fourth-order valence-electron chi connectivity index (χ4n) is 4.91. The highest BCUT2D eigenvalue weighted by molar-refractivity contribution is 5.76. The number of fused-ring (bicyclic) bond motifs is 6. The SMILES string of the molecule is CC1NC2C3CCCCC3n3c(CCCC(=O)NC4CC4)nnc3N2N1. The molecular formula is C18H29N7O. The summed E-state index contributed by atoms with van der Waals surface area (Å²) in [4.78, 5) is 11.9. The molecule has 0 bridgehead atoms. The van der Waals surface area contributed by atoms with Gasteiger partial charge in [0.1, 0.15) is 12.0 Å². The number of carbonyl (C=O) groups excluding carboxylic acids is 1. The second-order valence-corrected chi connectivity index (χ2v) is 8.33. The topological polar surface area (TPSA) is 87.1 Å². The molecule has 1 saturated heterocycles. The van der Waals surface area contributed by atoms with Gasteiger partial charge in [0, 0.05) is 30.8 Å². The van der Waals surface area contributed by atoms with Gasteiger partial charge in [0.2, 0.25) is 11.9 Å². The minimum absolute atomic E-state index is 0.181. The number of hydrazine groups is 1. The molecule has 3 heterocycles. The van der Waals surface area contributed by atoms with Gasteiger partial charge >= 0.3 is 0 Å². The molecule has 4 unspecified atom stereocenters. The van der Waals surface area contributed by atoms with Crippen LogP contribution in [0.2, 0.25) is 0 Å². The Balaban J connectivity index is 1.33. The number of nitrogens with zero attached hydrogens (tertiary/aromatic N) is 4. The van der Waals surface area contributed by atoms with E-state index in [4.69, 9.17) is 0 Å². The number of anilines is 1. The molecule has 5 rings (SSSR count). The third kappa shape index (κ3) is 2.89. The van der Waals surface area contributed by atoms with Crippen molar-refractivity contribution in [2.45, 2.75) is 89.1 Å². The van der Waals surface area contributed by atoms with Gasteiger partial charge in [0.15, 0.2) is 0 Å². The summed E-state index contributed by atoms with van der Waals surface area (Å²) >= 11 is 0. The Hall–Kier alpha value is -1.67. The molecular weight excluding hydrogens is 330 g/mol. The molecule has 0 radical (unpaired) electrons. The van der Waals surface area contributed by atoms with Crippen molar-refractivity contribution in [1.82, 2.24) is 30.8 Å². The summed E-state index contributed by atoms with van der Waals surface area (Å²) in [7, 11) is 0.